The van der Waals surface area contributed by atoms with Gasteiger partial charge in [0.2, 0.25) is 11.8 Å². The number of hydrogen-bond donors (Lipinski definition) is 1. The lowest BCUT2D eigenvalue weighted by Gasteiger charge is -2.33. The number of carbonyl (C=O) groups excluding carboxylic acids is 2. The number of nitro benzene ring substituents is 1. The maximum Gasteiger partial charge on any atom is 0.271 e. The van der Waals surface area contributed by atoms with Gasteiger partial charge in [0.15, 0.2) is 0 Å². The number of benzene rings is 3. The van der Waals surface area contributed by atoms with Gasteiger partial charge in [-0.1, -0.05) is 54.6 Å². The lowest BCUT2D eigenvalue weighted by molar-refractivity contribution is -0.384. The predicted molar refractivity (Wildman–Crippen MR) is 153 cm³/mol. The Morgan fingerprint density at radius 1 is 0.950 bits per heavy atom. The number of hydrogen-bond acceptors (Lipinski definition) is 6. The molecule has 2 amide bonds. The summed E-state index contributed by atoms with van der Waals surface area (Å²) in [7, 11) is -4.30. The Kier molecular flexibility index (Phi) is 9.65. The molecule has 0 radical (unpaired) electrons. The summed E-state index contributed by atoms with van der Waals surface area (Å²) in [6.07, 6.45) is 0.433. The van der Waals surface area contributed by atoms with E-state index in [1.165, 1.54) is 35.2 Å². The highest BCUT2D eigenvalue weighted by atomic mass is 32.2. The molecule has 0 saturated heterocycles. The molecular formula is C29H34N4O6S. The summed E-state index contributed by atoms with van der Waals surface area (Å²) in [5.41, 5.74) is 0.0277. The van der Waals surface area contributed by atoms with Crippen molar-refractivity contribution in [2.24, 2.45) is 0 Å². The fourth-order valence-corrected chi connectivity index (χ4v) is 5.48. The number of sulfonamides is 1. The molecule has 0 aliphatic rings. The molecule has 0 saturated carbocycles. The van der Waals surface area contributed by atoms with E-state index >= 15 is 0 Å². The van der Waals surface area contributed by atoms with Crippen molar-refractivity contribution in [3.05, 3.63) is 101 Å². The Labute approximate surface area is 234 Å². The van der Waals surface area contributed by atoms with Crippen molar-refractivity contribution >= 4 is 33.2 Å². The maximum absolute atomic E-state index is 13.9. The number of nitro groups is 1. The number of carbonyl (C=O) groups is 2. The van der Waals surface area contributed by atoms with Gasteiger partial charge in [-0.15, -0.1) is 0 Å². The molecule has 0 heterocycles. The quantitative estimate of drug-likeness (QED) is 0.274. The SMILES string of the molecule is C[C@@H](C(=O)NC(C)(C)C)N(CCc1ccccc1)C(=O)CN(c1cccc([N+](=O)[O-])c1)S(=O)(=O)c1ccccc1. The van der Waals surface area contributed by atoms with Crippen molar-refractivity contribution in [3.63, 3.8) is 0 Å². The zero-order valence-corrected chi connectivity index (χ0v) is 23.8. The van der Waals surface area contributed by atoms with Crippen molar-refractivity contribution < 1.29 is 22.9 Å². The summed E-state index contributed by atoms with van der Waals surface area (Å²) < 4.78 is 28.3. The standard InChI is InChI=1S/C29H34N4O6S/c1-22(28(35)30-29(2,3)4)31(19-18-23-12-7-5-8-13-23)27(34)21-32(24-14-11-15-25(20-24)33(36)37)40(38,39)26-16-9-6-10-17-26/h5-17,20,22H,18-19,21H2,1-4H3,(H,30,35)/t22-/m0/s1. The summed E-state index contributed by atoms with van der Waals surface area (Å²) in [5, 5.41) is 14.3. The number of nitrogens with one attached hydrogen (secondary N) is 1. The van der Waals surface area contributed by atoms with E-state index in [1.54, 1.807) is 25.1 Å². The zero-order chi connectivity index (χ0) is 29.5. The van der Waals surface area contributed by atoms with Crippen molar-refractivity contribution in [2.45, 2.75) is 50.6 Å². The highest BCUT2D eigenvalue weighted by Gasteiger charge is 2.33. The summed E-state index contributed by atoms with van der Waals surface area (Å²) in [6.45, 7) is 6.54. The molecule has 0 aromatic heterocycles. The molecule has 1 N–H and O–H groups in total. The van der Waals surface area contributed by atoms with E-state index in [1.807, 2.05) is 51.1 Å². The Morgan fingerprint density at radius 2 is 1.55 bits per heavy atom. The van der Waals surface area contributed by atoms with Gasteiger partial charge in [-0.2, -0.15) is 0 Å². The second-order valence-corrected chi connectivity index (χ2v) is 12.2. The fourth-order valence-electron chi connectivity index (χ4n) is 4.05. The molecule has 10 nitrogen and oxygen atoms in total. The summed E-state index contributed by atoms with van der Waals surface area (Å²) in [4.78, 5) is 39.0. The van der Waals surface area contributed by atoms with Gasteiger partial charge in [0.25, 0.3) is 15.7 Å². The van der Waals surface area contributed by atoms with E-state index in [2.05, 4.69) is 5.32 Å². The minimum atomic E-state index is -4.30. The number of nitrogens with zero attached hydrogens (tertiary/aromatic N) is 3. The summed E-state index contributed by atoms with van der Waals surface area (Å²) in [5.74, 6) is -1.01. The van der Waals surface area contributed by atoms with Gasteiger partial charge in [-0.25, -0.2) is 8.42 Å². The highest BCUT2D eigenvalue weighted by Crippen LogP contribution is 2.27. The molecule has 3 aromatic carbocycles. The van der Waals surface area contributed by atoms with Crippen LogP contribution in [-0.4, -0.2) is 54.7 Å². The van der Waals surface area contributed by atoms with Crippen LogP contribution in [0.1, 0.15) is 33.3 Å². The molecular weight excluding hydrogens is 532 g/mol. The van der Waals surface area contributed by atoms with E-state index in [0.717, 1.165) is 15.9 Å². The second-order valence-electron chi connectivity index (χ2n) is 10.3. The smallest absolute Gasteiger partial charge is 0.271 e. The van der Waals surface area contributed by atoms with Gasteiger partial charge in [-0.05, 0) is 57.9 Å². The number of rotatable bonds is 11. The van der Waals surface area contributed by atoms with Crippen LogP contribution in [0.3, 0.4) is 0 Å². The van der Waals surface area contributed by atoms with Crippen LogP contribution in [0.15, 0.2) is 89.8 Å². The molecule has 212 valence electrons. The van der Waals surface area contributed by atoms with E-state index in [0.29, 0.717) is 6.42 Å². The Bertz CT molecular complexity index is 1440. The average molecular weight is 567 g/mol. The molecule has 1 atom stereocenters. The normalized spacial score (nSPS) is 12.3. The molecule has 0 aliphatic heterocycles. The Balaban J connectivity index is 2.02. The Hall–Kier alpha value is -4.25. The van der Waals surface area contributed by atoms with Gasteiger partial charge in [-0.3, -0.25) is 24.0 Å². The first-order valence-corrected chi connectivity index (χ1v) is 14.2. The minimum absolute atomic E-state index is 0.0405. The molecule has 0 bridgehead atoms. The number of anilines is 1. The van der Waals surface area contributed by atoms with Crippen LogP contribution in [0.25, 0.3) is 0 Å². The molecule has 0 aliphatic carbocycles. The van der Waals surface area contributed by atoms with Gasteiger partial charge in [0, 0.05) is 24.2 Å². The lowest BCUT2D eigenvalue weighted by Crippen LogP contribution is -2.55. The van der Waals surface area contributed by atoms with Gasteiger partial charge >= 0.3 is 0 Å². The third-order valence-electron chi connectivity index (χ3n) is 6.09. The number of amides is 2. The summed E-state index contributed by atoms with van der Waals surface area (Å²) >= 11 is 0. The maximum atomic E-state index is 13.9. The van der Waals surface area contributed by atoms with Crippen LogP contribution in [0, 0.1) is 10.1 Å². The van der Waals surface area contributed by atoms with Gasteiger partial charge < -0.3 is 10.2 Å². The third-order valence-corrected chi connectivity index (χ3v) is 7.88. The van der Waals surface area contributed by atoms with Gasteiger partial charge in [0.05, 0.1) is 15.5 Å². The highest BCUT2D eigenvalue weighted by molar-refractivity contribution is 7.92. The Morgan fingerprint density at radius 3 is 2.12 bits per heavy atom. The van der Waals surface area contributed by atoms with Crippen LogP contribution in [0.2, 0.25) is 0 Å². The van der Waals surface area contributed by atoms with Crippen LogP contribution < -0.4 is 9.62 Å². The monoisotopic (exact) mass is 566 g/mol. The molecule has 3 aromatic rings. The lowest BCUT2D eigenvalue weighted by atomic mass is 10.1. The molecule has 0 spiro atoms. The van der Waals surface area contributed by atoms with Gasteiger partial charge in [0.1, 0.15) is 12.6 Å². The van der Waals surface area contributed by atoms with Crippen LogP contribution >= 0.6 is 0 Å². The largest absolute Gasteiger partial charge is 0.350 e. The van der Waals surface area contributed by atoms with E-state index in [4.69, 9.17) is 0 Å². The third kappa shape index (κ3) is 7.89. The molecule has 3 rings (SSSR count). The molecule has 11 heteroatoms. The predicted octanol–water partition coefficient (Wildman–Crippen LogP) is 4.16. The molecule has 0 fully saturated rings. The topological polar surface area (TPSA) is 130 Å². The van der Waals surface area contributed by atoms with E-state index in [9.17, 15) is 28.1 Å². The first-order chi connectivity index (χ1) is 18.8. The first-order valence-electron chi connectivity index (χ1n) is 12.8. The average Bonchev–Trinajstić information content (AvgIpc) is 2.91. The van der Waals surface area contributed by atoms with Crippen molar-refractivity contribution in [3.8, 4) is 0 Å². The summed E-state index contributed by atoms with van der Waals surface area (Å²) in [6, 6.07) is 21.1. The van der Waals surface area contributed by atoms with Crippen LogP contribution in [0.5, 0.6) is 0 Å². The molecule has 40 heavy (non-hydrogen) atoms. The first kappa shape index (κ1) is 30.3. The zero-order valence-electron chi connectivity index (χ0n) is 23.0. The van der Waals surface area contributed by atoms with Crippen LogP contribution in [-0.2, 0) is 26.0 Å². The van der Waals surface area contributed by atoms with Crippen molar-refractivity contribution in [1.82, 2.24) is 10.2 Å². The van der Waals surface area contributed by atoms with E-state index in [-0.39, 0.29) is 28.7 Å². The fraction of sp³-hybridized carbons (Fsp3) is 0.310. The van der Waals surface area contributed by atoms with Crippen LogP contribution in [0.4, 0.5) is 11.4 Å². The van der Waals surface area contributed by atoms with E-state index < -0.39 is 39.0 Å². The van der Waals surface area contributed by atoms with Crippen molar-refractivity contribution in [1.29, 1.82) is 0 Å². The minimum Gasteiger partial charge on any atom is -0.350 e. The molecule has 0 unspecified atom stereocenters. The van der Waals surface area contributed by atoms with Crippen molar-refractivity contribution in [2.75, 3.05) is 17.4 Å². The second kappa shape index (κ2) is 12.7. The number of non-ortho nitro benzene ring substituents is 1.